The highest BCUT2D eigenvalue weighted by Crippen LogP contribution is 2.23. The number of rotatable bonds is 7. The number of nitrogens with one attached hydrogen (secondary N) is 2. The summed E-state index contributed by atoms with van der Waals surface area (Å²) in [6, 6.07) is 10.2. The molecule has 0 aliphatic heterocycles. The Kier molecular flexibility index (Phi) is 6.51. The molecule has 0 saturated heterocycles. The first kappa shape index (κ1) is 18.4. The number of hydrogen-bond acceptors (Lipinski definition) is 7. The number of esters is 1. The highest BCUT2D eigenvalue weighted by Gasteiger charge is 2.21. The summed E-state index contributed by atoms with van der Waals surface area (Å²) in [5.74, 6) is -1.18. The summed E-state index contributed by atoms with van der Waals surface area (Å²) in [5, 5.41) is 25.4. The molecule has 0 saturated carbocycles. The van der Waals surface area contributed by atoms with Gasteiger partial charge >= 0.3 is 5.97 Å². The van der Waals surface area contributed by atoms with Gasteiger partial charge < -0.3 is 20.5 Å². The third kappa shape index (κ3) is 4.79. The molecule has 0 fully saturated rings. The fraction of sp³-hybridized carbons (Fsp3) is 0.235. The van der Waals surface area contributed by atoms with E-state index >= 15 is 0 Å². The van der Waals surface area contributed by atoms with E-state index in [-0.39, 0.29) is 18.7 Å². The lowest BCUT2D eigenvalue weighted by Gasteiger charge is -2.15. The van der Waals surface area contributed by atoms with Crippen molar-refractivity contribution in [1.82, 2.24) is 0 Å². The van der Waals surface area contributed by atoms with Gasteiger partial charge in [-0.05, 0) is 30.5 Å². The summed E-state index contributed by atoms with van der Waals surface area (Å²) in [6.07, 6.45) is -1.04. The Bertz CT molecular complexity index is 797. The van der Waals surface area contributed by atoms with E-state index in [1.54, 1.807) is 35.7 Å². The largest absolute Gasteiger partial charge is 0.449 e. The van der Waals surface area contributed by atoms with Crippen LogP contribution in [0.5, 0.6) is 0 Å². The molecule has 25 heavy (non-hydrogen) atoms. The van der Waals surface area contributed by atoms with E-state index in [2.05, 4.69) is 10.6 Å². The van der Waals surface area contributed by atoms with Crippen LogP contribution in [0.15, 0.2) is 35.7 Å². The monoisotopic (exact) mass is 359 g/mol. The summed E-state index contributed by atoms with van der Waals surface area (Å²) in [4.78, 5) is 24.5. The fourth-order valence-corrected chi connectivity index (χ4v) is 2.73. The third-order valence-corrected chi connectivity index (χ3v) is 4.08. The second kappa shape index (κ2) is 8.82. The molecule has 130 valence electrons. The maximum absolute atomic E-state index is 12.3. The number of hydrogen-bond donors (Lipinski definition) is 3. The van der Waals surface area contributed by atoms with E-state index in [1.165, 1.54) is 18.3 Å². The number of para-hydroxylation sites is 1. The molecular weight excluding hydrogens is 342 g/mol. The van der Waals surface area contributed by atoms with Crippen molar-refractivity contribution in [3.05, 3.63) is 46.8 Å². The Hall–Kier alpha value is -2.89. The molecule has 1 amide bonds. The van der Waals surface area contributed by atoms with Gasteiger partial charge in [-0.3, -0.25) is 4.79 Å². The van der Waals surface area contributed by atoms with Crippen LogP contribution in [0.4, 0.5) is 10.7 Å². The number of aliphatic hydroxyl groups excluding tert-OH is 1. The zero-order valence-electron chi connectivity index (χ0n) is 13.5. The molecule has 7 nitrogen and oxygen atoms in total. The predicted molar refractivity (Wildman–Crippen MR) is 94.6 cm³/mol. The number of amides is 1. The second-order valence-corrected chi connectivity index (χ2v) is 5.92. The lowest BCUT2D eigenvalue weighted by atomic mass is 10.1. The van der Waals surface area contributed by atoms with E-state index in [1.807, 2.05) is 6.07 Å². The number of carbonyl (C=O) groups is 2. The molecule has 3 N–H and O–H groups in total. The lowest BCUT2D eigenvalue weighted by Crippen LogP contribution is -2.30. The first-order valence-corrected chi connectivity index (χ1v) is 8.38. The minimum absolute atomic E-state index is 0.0791. The van der Waals surface area contributed by atoms with Crippen LogP contribution < -0.4 is 10.6 Å². The lowest BCUT2D eigenvalue weighted by molar-refractivity contribution is -0.123. The van der Waals surface area contributed by atoms with E-state index in [4.69, 9.17) is 15.1 Å². The minimum Gasteiger partial charge on any atom is -0.449 e. The first-order valence-electron chi connectivity index (χ1n) is 7.50. The normalized spacial score (nSPS) is 11.2. The van der Waals surface area contributed by atoms with Gasteiger partial charge in [-0.2, -0.15) is 5.26 Å². The number of carbonyl (C=O) groups excluding carboxylic acids is 2. The smallest absolute Gasteiger partial charge is 0.341 e. The number of thiophene rings is 1. The molecule has 1 aromatic carbocycles. The van der Waals surface area contributed by atoms with Crippen molar-refractivity contribution in [2.24, 2.45) is 0 Å². The number of anilines is 2. The molecule has 0 aliphatic carbocycles. The molecule has 0 bridgehead atoms. The van der Waals surface area contributed by atoms with E-state index < -0.39 is 18.0 Å². The molecule has 8 heteroatoms. The molecule has 0 radical (unpaired) electrons. The molecule has 1 atom stereocenters. The van der Waals surface area contributed by atoms with E-state index in [0.717, 1.165) is 0 Å². The highest BCUT2D eigenvalue weighted by molar-refractivity contribution is 7.14. The van der Waals surface area contributed by atoms with Crippen molar-refractivity contribution < 1.29 is 19.4 Å². The molecule has 1 aromatic heterocycles. The topological polar surface area (TPSA) is 111 Å². The average molecular weight is 359 g/mol. The maximum atomic E-state index is 12.3. The van der Waals surface area contributed by atoms with Crippen molar-refractivity contribution in [2.75, 3.05) is 23.8 Å². The zero-order chi connectivity index (χ0) is 18.2. The van der Waals surface area contributed by atoms with Crippen LogP contribution in [0.25, 0.3) is 0 Å². The summed E-state index contributed by atoms with van der Waals surface area (Å²) in [7, 11) is 0. The quantitative estimate of drug-likeness (QED) is 0.654. The van der Waals surface area contributed by atoms with Gasteiger partial charge in [-0.25, -0.2) is 4.79 Å². The van der Waals surface area contributed by atoms with Crippen molar-refractivity contribution >= 4 is 33.9 Å². The highest BCUT2D eigenvalue weighted by atomic mass is 32.1. The fourth-order valence-electron chi connectivity index (χ4n) is 1.99. The standard InChI is InChI=1S/C17H17N3O4S/c1-11(15(22)20-16-12(10-18)6-9-25-16)24-17(23)13-4-2-3-5-14(13)19-7-8-21/h2-6,9,11,19,21H,7-8H2,1H3,(H,20,22)/t11-/m1/s1. The predicted octanol–water partition coefficient (Wildman–Crippen LogP) is 2.21. The molecule has 0 aliphatic rings. The Labute approximate surface area is 148 Å². The number of nitriles is 1. The molecular formula is C17H17N3O4S. The maximum Gasteiger partial charge on any atom is 0.341 e. The van der Waals surface area contributed by atoms with Crippen molar-refractivity contribution in [3.8, 4) is 6.07 Å². The van der Waals surface area contributed by atoms with Gasteiger partial charge in [0.25, 0.3) is 5.91 Å². The Morgan fingerprint density at radius 1 is 1.36 bits per heavy atom. The number of benzene rings is 1. The number of aliphatic hydroxyl groups is 1. The number of ether oxygens (including phenoxy) is 1. The minimum atomic E-state index is -1.04. The zero-order valence-corrected chi connectivity index (χ0v) is 14.3. The molecule has 2 aromatic rings. The Balaban J connectivity index is 2.02. The van der Waals surface area contributed by atoms with Gasteiger partial charge in [0.05, 0.1) is 17.7 Å². The van der Waals surface area contributed by atoms with Crippen molar-refractivity contribution in [2.45, 2.75) is 13.0 Å². The van der Waals surface area contributed by atoms with Gasteiger partial charge in [-0.15, -0.1) is 11.3 Å². The van der Waals surface area contributed by atoms with Crippen LogP contribution >= 0.6 is 11.3 Å². The SMILES string of the molecule is C[C@@H](OC(=O)c1ccccc1NCCO)C(=O)Nc1sccc1C#N. The first-order chi connectivity index (χ1) is 12.1. The van der Waals surface area contributed by atoms with Gasteiger partial charge in [0.1, 0.15) is 11.1 Å². The van der Waals surface area contributed by atoms with Crippen LogP contribution in [0.2, 0.25) is 0 Å². The van der Waals surface area contributed by atoms with E-state index in [9.17, 15) is 9.59 Å². The Morgan fingerprint density at radius 3 is 2.84 bits per heavy atom. The number of nitrogens with zero attached hydrogens (tertiary/aromatic N) is 1. The Morgan fingerprint density at radius 2 is 2.12 bits per heavy atom. The van der Waals surface area contributed by atoms with Gasteiger partial charge in [0, 0.05) is 12.2 Å². The van der Waals surface area contributed by atoms with Crippen LogP contribution in [0, 0.1) is 11.3 Å². The van der Waals surface area contributed by atoms with Gasteiger partial charge in [0.2, 0.25) is 0 Å². The van der Waals surface area contributed by atoms with Crippen molar-refractivity contribution in [1.29, 1.82) is 5.26 Å². The molecule has 0 unspecified atom stereocenters. The van der Waals surface area contributed by atoms with Crippen LogP contribution in [0.3, 0.4) is 0 Å². The molecule has 0 spiro atoms. The van der Waals surface area contributed by atoms with Crippen LogP contribution in [0.1, 0.15) is 22.8 Å². The third-order valence-electron chi connectivity index (χ3n) is 3.25. The second-order valence-electron chi connectivity index (χ2n) is 5.01. The van der Waals surface area contributed by atoms with Crippen LogP contribution in [-0.4, -0.2) is 36.2 Å². The van der Waals surface area contributed by atoms with Gasteiger partial charge in [0.15, 0.2) is 6.10 Å². The molecule has 1 heterocycles. The summed E-state index contributed by atoms with van der Waals surface area (Å²) >= 11 is 1.22. The summed E-state index contributed by atoms with van der Waals surface area (Å²) in [6.45, 7) is 1.66. The van der Waals surface area contributed by atoms with Crippen molar-refractivity contribution in [3.63, 3.8) is 0 Å². The van der Waals surface area contributed by atoms with Crippen LogP contribution in [-0.2, 0) is 9.53 Å². The molecule has 2 rings (SSSR count). The summed E-state index contributed by atoms with van der Waals surface area (Å²) < 4.78 is 5.21. The van der Waals surface area contributed by atoms with E-state index in [0.29, 0.717) is 16.3 Å². The summed E-state index contributed by atoms with van der Waals surface area (Å²) in [5.41, 5.74) is 1.14. The van der Waals surface area contributed by atoms with Gasteiger partial charge in [-0.1, -0.05) is 12.1 Å². The average Bonchev–Trinajstić information content (AvgIpc) is 3.07.